The molecule has 2 atom stereocenters. The molecular formula is C20H31ClN4O2. The van der Waals surface area contributed by atoms with Gasteiger partial charge in [-0.1, -0.05) is 49.6 Å². The quantitative estimate of drug-likeness (QED) is 0.714. The maximum absolute atomic E-state index is 12.2. The van der Waals surface area contributed by atoms with Gasteiger partial charge in [-0.25, -0.2) is 4.79 Å². The molecule has 2 aliphatic rings. The minimum Gasteiger partial charge on any atom is -0.335 e. The highest BCUT2D eigenvalue weighted by Gasteiger charge is 2.33. The number of amides is 3. The molecule has 1 saturated carbocycles. The first-order valence-electron chi connectivity index (χ1n) is 9.73. The molecule has 0 aromatic heterocycles. The number of nitrogens with one attached hydrogen (secondary N) is 2. The first-order valence-corrected chi connectivity index (χ1v) is 9.73. The Morgan fingerprint density at radius 3 is 2.44 bits per heavy atom. The predicted octanol–water partition coefficient (Wildman–Crippen LogP) is 2.24. The van der Waals surface area contributed by atoms with Crippen LogP contribution in [0.25, 0.3) is 0 Å². The van der Waals surface area contributed by atoms with Gasteiger partial charge in [0.25, 0.3) is 0 Å². The van der Waals surface area contributed by atoms with E-state index in [0.717, 1.165) is 38.8 Å². The summed E-state index contributed by atoms with van der Waals surface area (Å²) in [5, 5.41) is 5.40. The number of hydrogen-bond acceptors (Lipinski definition) is 4. The van der Waals surface area contributed by atoms with E-state index in [9.17, 15) is 9.59 Å². The summed E-state index contributed by atoms with van der Waals surface area (Å²) >= 11 is 0. The van der Waals surface area contributed by atoms with Crippen LogP contribution in [0.5, 0.6) is 0 Å². The lowest BCUT2D eigenvalue weighted by molar-refractivity contribution is -0.121. The zero-order valence-electron chi connectivity index (χ0n) is 15.7. The standard InChI is InChI=1S/C20H30N4O2.ClH/c21-11-16-12-24(13-18(16)15-7-3-1-4-8-15)14-19(25)23-20(26)22-17-9-5-2-6-10-17;/h1,3-4,7-8,16-18H,2,5-6,9-14,21H2,(H2,22,23,25,26);1H/t16-,18+;/m1./s1. The number of rotatable bonds is 5. The van der Waals surface area contributed by atoms with Gasteiger partial charge in [0.15, 0.2) is 0 Å². The Kier molecular flexibility index (Phi) is 8.54. The van der Waals surface area contributed by atoms with Gasteiger partial charge in [0, 0.05) is 25.0 Å². The molecule has 4 N–H and O–H groups in total. The van der Waals surface area contributed by atoms with Gasteiger partial charge in [0.05, 0.1) is 6.54 Å². The van der Waals surface area contributed by atoms with Gasteiger partial charge < -0.3 is 11.1 Å². The summed E-state index contributed by atoms with van der Waals surface area (Å²) < 4.78 is 0. The second kappa shape index (κ2) is 10.6. The van der Waals surface area contributed by atoms with Crippen LogP contribution in [-0.4, -0.2) is 49.1 Å². The summed E-state index contributed by atoms with van der Waals surface area (Å²) in [5.41, 5.74) is 7.21. The molecule has 6 nitrogen and oxygen atoms in total. The van der Waals surface area contributed by atoms with Crippen molar-refractivity contribution in [3.8, 4) is 0 Å². The molecule has 2 fully saturated rings. The third kappa shape index (κ3) is 6.19. The highest BCUT2D eigenvalue weighted by atomic mass is 35.5. The van der Waals surface area contributed by atoms with Crippen molar-refractivity contribution in [2.75, 3.05) is 26.2 Å². The van der Waals surface area contributed by atoms with Crippen molar-refractivity contribution < 1.29 is 9.59 Å². The van der Waals surface area contributed by atoms with Crippen molar-refractivity contribution >= 4 is 24.3 Å². The number of halogens is 1. The van der Waals surface area contributed by atoms with Crippen molar-refractivity contribution in [2.24, 2.45) is 11.7 Å². The maximum atomic E-state index is 12.2. The van der Waals surface area contributed by atoms with E-state index in [0.29, 0.717) is 18.4 Å². The Balaban J connectivity index is 0.00000261. The van der Waals surface area contributed by atoms with Crippen LogP contribution in [0, 0.1) is 5.92 Å². The minimum absolute atomic E-state index is 0. The van der Waals surface area contributed by atoms with Gasteiger partial charge in [-0.2, -0.15) is 0 Å². The molecule has 0 spiro atoms. The largest absolute Gasteiger partial charge is 0.335 e. The zero-order valence-corrected chi connectivity index (χ0v) is 16.5. The van der Waals surface area contributed by atoms with Crippen LogP contribution in [0.15, 0.2) is 30.3 Å². The van der Waals surface area contributed by atoms with Crippen molar-refractivity contribution in [2.45, 2.75) is 44.1 Å². The average molecular weight is 395 g/mol. The fourth-order valence-corrected chi connectivity index (χ4v) is 4.24. The molecule has 150 valence electrons. The molecule has 1 aliphatic heterocycles. The van der Waals surface area contributed by atoms with E-state index < -0.39 is 0 Å². The Hall–Kier alpha value is -1.63. The van der Waals surface area contributed by atoms with E-state index in [1.807, 2.05) is 18.2 Å². The maximum Gasteiger partial charge on any atom is 0.321 e. The van der Waals surface area contributed by atoms with Crippen molar-refractivity contribution in [3.63, 3.8) is 0 Å². The Labute approximate surface area is 167 Å². The van der Waals surface area contributed by atoms with Crippen molar-refractivity contribution in [1.29, 1.82) is 0 Å². The van der Waals surface area contributed by atoms with Crippen LogP contribution in [-0.2, 0) is 4.79 Å². The van der Waals surface area contributed by atoms with Gasteiger partial charge in [-0.05, 0) is 30.9 Å². The Bertz CT molecular complexity index is 607. The number of carbonyl (C=O) groups is 2. The topological polar surface area (TPSA) is 87.5 Å². The van der Waals surface area contributed by atoms with E-state index in [1.165, 1.54) is 12.0 Å². The lowest BCUT2D eigenvalue weighted by Gasteiger charge is -2.23. The number of likely N-dealkylation sites (tertiary alicyclic amines) is 1. The monoisotopic (exact) mass is 394 g/mol. The van der Waals surface area contributed by atoms with Gasteiger partial charge in [-0.15, -0.1) is 12.4 Å². The summed E-state index contributed by atoms with van der Waals surface area (Å²) in [5.74, 6) is 0.425. The molecule has 1 aromatic carbocycles. The number of hydrogen-bond donors (Lipinski definition) is 3. The van der Waals surface area contributed by atoms with E-state index >= 15 is 0 Å². The first kappa shape index (κ1) is 21.7. The van der Waals surface area contributed by atoms with E-state index in [1.54, 1.807) is 0 Å². The first-order chi connectivity index (χ1) is 12.7. The number of nitrogens with two attached hydrogens (primary N) is 1. The van der Waals surface area contributed by atoms with E-state index in [2.05, 4.69) is 27.7 Å². The van der Waals surface area contributed by atoms with Crippen LogP contribution < -0.4 is 16.4 Å². The summed E-state index contributed by atoms with van der Waals surface area (Å²) in [6, 6.07) is 10.2. The Morgan fingerprint density at radius 2 is 1.78 bits per heavy atom. The summed E-state index contributed by atoms with van der Waals surface area (Å²) in [7, 11) is 0. The van der Waals surface area contributed by atoms with Crippen LogP contribution in [0.4, 0.5) is 4.79 Å². The lowest BCUT2D eigenvalue weighted by atomic mass is 9.89. The number of carbonyl (C=O) groups excluding carboxylic acids is 2. The molecule has 1 aromatic rings. The zero-order chi connectivity index (χ0) is 18.4. The van der Waals surface area contributed by atoms with Gasteiger partial charge >= 0.3 is 6.03 Å². The number of urea groups is 1. The number of imide groups is 1. The van der Waals surface area contributed by atoms with Crippen LogP contribution in [0.1, 0.15) is 43.6 Å². The average Bonchev–Trinajstić information content (AvgIpc) is 3.05. The summed E-state index contributed by atoms with van der Waals surface area (Å²) in [4.78, 5) is 26.4. The van der Waals surface area contributed by atoms with Crippen molar-refractivity contribution in [1.82, 2.24) is 15.5 Å². The van der Waals surface area contributed by atoms with Crippen LogP contribution in [0.3, 0.4) is 0 Å². The molecule has 1 aliphatic carbocycles. The predicted molar refractivity (Wildman–Crippen MR) is 109 cm³/mol. The highest BCUT2D eigenvalue weighted by molar-refractivity contribution is 5.95. The highest BCUT2D eigenvalue weighted by Crippen LogP contribution is 2.31. The minimum atomic E-state index is -0.365. The molecular weight excluding hydrogens is 364 g/mol. The third-order valence-corrected chi connectivity index (χ3v) is 5.61. The van der Waals surface area contributed by atoms with Crippen LogP contribution in [0.2, 0.25) is 0 Å². The molecule has 0 bridgehead atoms. The number of nitrogens with zero attached hydrogens (tertiary/aromatic N) is 1. The molecule has 7 heteroatoms. The van der Waals surface area contributed by atoms with Gasteiger partial charge in [0.1, 0.15) is 0 Å². The Morgan fingerprint density at radius 1 is 1.07 bits per heavy atom. The van der Waals surface area contributed by atoms with E-state index in [-0.39, 0.29) is 36.9 Å². The second-order valence-corrected chi connectivity index (χ2v) is 7.56. The summed E-state index contributed by atoms with van der Waals surface area (Å²) in [6.07, 6.45) is 5.54. The van der Waals surface area contributed by atoms with Gasteiger partial charge in [0.2, 0.25) is 5.91 Å². The molecule has 3 amide bonds. The smallest absolute Gasteiger partial charge is 0.321 e. The molecule has 27 heavy (non-hydrogen) atoms. The lowest BCUT2D eigenvalue weighted by Crippen LogP contribution is -2.47. The van der Waals surface area contributed by atoms with Crippen molar-refractivity contribution in [3.05, 3.63) is 35.9 Å². The fourth-order valence-electron chi connectivity index (χ4n) is 4.24. The summed E-state index contributed by atoms with van der Waals surface area (Å²) in [6.45, 7) is 2.41. The molecule has 1 heterocycles. The normalized spacial score (nSPS) is 23.4. The molecule has 0 unspecified atom stereocenters. The van der Waals surface area contributed by atoms with Gasteiger partial charge in [-0.3, -0.25) is 15.0 Å². The second-order valence-electron chi connectivity index (χ2n) is 7.56. The molecule has 1 saturated heterocycles. The SMILES string of the molecule is Cl.NC[C@@H]1CN(CC(=O)NC(=O)NC2CCCCC2)C[C@H]1c1ccccc1. The fraction of sp³-hybridized carbons (Fsp3) is 0.600. The molecule has 0 radical (unpaired) electrons. The van der Waals surface area contributed by atoms with E-state index in [4.69, 9.17) is 5.73 Å². The third-order valence-electron chi connectivity index (χ3n) is 5.61. The molecule has 3 rings (SSSR count). The number of benzene rings is 1. The van der Waals surface area contributed by atoms with Crippen LogP contribution >= 0.6 is 12.4 Å².